The Morgan fingerprint density at radius 2 is 2.35 bits per heavy atom. The molecule has 3 heterocycles. The summed E-state index contributed by atoms with van der Waals surface area (Å²) in [7, 11) is 0. The van der Waals surface area contributed by atoms with E-state index in [2.05, 4.69) is 11.9 Å². The SMILES string of the molecule is Cc1nc(C2CCCN(C(=O)c3ccoc3)C2)sc1C. The number of hydrogen-bond acceptors (Lipinski definition) is 4. The number of furan rings is 1. The first-order valence-corrected chi connectivity index (χ1v) is 7.72. The molecule has 20 heavy (non-hydrogen) atoms. The summed E-state index contributed by atoms with van der Waals surface area (Å²) in [5.41, 5.74) is 1.75. The highest BCUT2D eigenvalue weighted by molar-refractivity contribution is 7.11. The van der Waals surface area contributed by atoms with Crippen molar-refractivity contribution in [2.45, 2.75) is 32.6 Å². The summed E-state index contributed by atoms with van der Waals surface area (Å²) in [6.45, 7) is 5.74. The van der Waals surface area contributed by atoms with E-state index in [0.29, 0.717) is 11.5 Å². The van der Waals surface area contributed by atoms with Gasteiger partial charge in [-0.15, -0.1) is 11.3 Å². The van der Waals surface area contributed by atoms with Crippen molar-refractivity contribution in [1.82, 2.24) is 9.88 Å². The molecule has 0 spiro atoms. The fourth-order valence-electron chi connectivity index (χ4n) is 2.60. The quantitative estimate of drug-likeness (QED) is 0.852. The molecule has 0 aliphatic carbocycles. The molecule has 3 rings (SSSR count). The molecule has 2 aromatic rings. The van der Waals surface area contributed by atoms with E-state index in [1.165, 1.54) is 16.1 Å². The first kappa shape index (κ1) is 13.4. The Hall–Kier alpha value is -1.62. The minimum atomic E-state index is 0.0634. The molecule has 0 aromatic carbocycles. The van der Waals surface area contributed by atoms with Crippen LogP contribution in [0.2, 0.25) is 0 Å². The lowest BCUT2D eigenvalue weighted by molar-refractivity contribution is 0.0706. The Labute approximate surface area is 122 Å². The van der Waals surface area contributed by atoms with Gasteiger partial charge in [-0.1, -0.05) is 0 Å². The molecular formula is C15H18N2O2S. The number of likely N-dealkylation sites (tertiary alicyclic amines) is 1. The van der Waals surface area contributed by atoms with Crippen molar-refractivity contribution in [2.75, 3.05) is 13.1 Å². The van der Waals surface area contributed by atoms with Crippen LogP contribution in [-0.2, 0) is 0 Å². The van der Waals surface area contributed by atoms with E-state index < -0.39 is 0 Å². The number of aromatic nitrogens is 1. The van der Waals surface area contributed by atoms with Gasteiger partial charge in [0.2, 0.25) is 0 Å². The topological polar surface area (TPSA) is 46.3 Å². The highest BCUT2D eigenvalue weighted by Gasteiger charge is 2.27. The predicted octanol–water partition coefficient (Wildman–Crippen LogP) is 3.37. The zero-order valence-electron chi connectivity index (χ0n) is 11.8. The minimum Gasteiger partial charge on any atom is -0.472 e. The molecule has 1 atom stereocenters. The lowest BCUT2D eigenvalue weighted by atomic mass is 9.98. The van der Waals surface area contributed by atoms with Gasteiger partial charge in [0.15, 0.2) is 0 Å². The highest BCUT2D eigenvalue weighted by atomic mass is 32.1. The van der Waals surface area contributed by atoms with Gasteiger partial charge in [-0.05, 0) is 32.8 Å². The monoisotopic (exact) mass is 290 g/mol. The maximum absolute atomic E-state index is 12.4. The number of carbonyl (C=O) groups excluding carboxylic acids is 1. The van der Waals surface area contributed by atoms with E-state index in [9.17, 15) is 4.79 Å². The number of aryl methyl sites for hydroxylation is 2. The molecule has 1 saturated heterocycles. The number of carbonyl (C=O) groups is 1. The maximum atomic E-state index is 12.4. The molecule has 1 aliphatic rings. The molecule has 106 valence electrons. The second kappa shape index (κ2) is 5.40. The maximum Gasteiger partial charge on any atom is 0.257 e. The number of thiazole rings is 1. The summed E-state index contributed by atoms with van der Waals surface area (Å²) in [4.78, 5) is 20.2. The summed E-state index contributed by atoms with van der Waals surface area (Å²) in [6.07, 6.45) is 5.21. The number of nitrogens with zero attached hydrogens (tertiary/aromatic N) is 2. The molecule has 0 radical (unpaired) electrons. The fourth-order valence-corrected chi connectivity index (χ4v) is 3.65. The Bertz CT molecular complexity index is 584. The van der Waals surface area contributed by atoms with Gasteiger partial charge in [0.25, 0.3) is 5.91 Å². The normalized spacial score (nSPS) is 19.3. The van der Waals surface area contributed by atoms with E-state index >= 15 is 0 Å². The molecule has 1 unspecified atom stereocenters. The molecular weight excluding hydrogens is 272 g/mol. The van der Waals surface area contributed by atoms with Crippen molar-refractivity contribution in [3.63, 3.8) is 0 Å². The number of piperidine rings is 1. The van der Waals surface area contributed by atoms with E-state index in [1.54, 1.807) is 23.7 Å². The standard InChI is InChI=1S/C15H18N2O2S/c1-10-11(2)20-14(16-10)12-4-3-6-17(8-12)15(18)13-5-7-19-9-13/h5,7,9,12H,3-4,6,8H2,1-2H3. The molecule has 5 heteroatoms. The van der Waals surface area contributed by atoms with Crippen LogP contribution in [0.15, 0.2) is 23.0 Å². The lowest BCUT2D eigenvalue weighted by Gasteiger charge is -2.31. The van der Waals surface area contributed by atoms with Gasteiger partial charge in [-0.3, -0.25) is 4.79 Å². The average molecular weight is 290 g/mol. The van der Waals surface area contributed by atoms with Crippen molar-refractivity contribution in [3.8, 4) is 0 Å². The van der Waals surface area contributed by atoms with Crippen LogP contribution in [0.25, 0.3) is 0 Å². The van der Waals surface area contributed by atoms with Gasteiger partial charge in [0.1, 0.15) is 6.26 Å². The van der Waals surface area contributed by atoms with Crippen molar-refractivity contribution in [3.05, 3.63) is 39.7 Å². The average Bonchev–Trinajstić information content (AvgIpc) is 3.09. The smallest absolute Gasteiger partial charge is 0.257 e. The summed E-state index contributed by atoms with van der Waals surface area (Å²) >= 11 is 1.76. The van der Waals surface area contributed by atoms with Gasteiger partial charge in [-0.2, -0.15) is 0 Å². The van der Waals surface area contributed by atoms with E-state index in [4.69, 9.17) is 4.42 Å². The Morgan fingerprint density at radius 3 is 3.00 bits per heavy atom. The molecule has 1 fully saturated rings. The van der Waals surface area contributed by atoms with Crippen molar-refractivity contribution < 1.29 is 9.21 Å². The van der Waals surface area contributed by atoms with Crippen molar-refractivity contribution >= 4 is 17.2 Å². The Balaban J connectivity index is 1.75. The Morgan fingerprint density at radius 1 is 1.50 bits per heavy atom. The van der Waals surface area contributed by atoms with Crippen LogP contribution < -0.4 is 0 Å². The third-order valence-corrected chi connectivity index (χ3v) is 5.11. The van der Waals surface area contributed by atoms with E-state index in [1.807, 2.05) is 11.8 Å². The van der Waals surface area contributed by atoms with Crippen LogP contribution in [0.3, 0.4) is 0 Å². The van der Waals surface area contributed by atoms with Crippen LogP contribution in [0.1, 0.15) is 44.7 Å². The largest absolute Gasteiger partial charge is 0.472 e. The first-order chi connectivity index (χ1) is 9.65. The number of hydrogen-bond donors (Lipinski definition) is 0. The van der Waals surface area contributed by atoms with Crippen LogP contribution in [0.5, 0.6) is 0 Å². The van der Waals surface area contributed by atoms with Gasteiger partial charge < -0.3 is 9.32 Å². The second-order valence-electron chi connectivity index (χ2n) is 5.30. The summed E-state index contributed by atoms with van der Waals surface area (Å²) in [6, 6.07) is 1.73. The first-order valence-electron chi connectivity index (χ1n) is 6.90. The molecule has 0 bridgehead atoms. The molecule has 0 N–H and O–H groups in total. The number of amides is 1. The molecule has 1 aliphatic heterocycles. The summed E-state index contributed by atoms with van der Waals surface area (Å²) in [5.74, 6) is 0.436. The fraction of sp³-hybridized carbons (Fsp3) is 0.467. The van der Waals surface area contributed by atoms with Crippen LogP contribution >= 0.6 is 11.3 Å². The van der Waals surface area contributed by atoms with Crippen LogP contribution in [0, 0.1) is 13.8 Å². The zero-order valence-corrected chi connectivity index (χ0v) is 12.6. The molecule has 1 amide bonds. The third-order valence-electron chi connectivity index (χ3n) is 3.87. The van der Waals surface area contributed by atoms with Gasteiger partial charge in [-0.25, -0.2) is 4.98 Å². The number of rotatable bonds is 2. The van der Waals surface area contributed by atoms with Gasteiger partial charge >= 0.3 is 0 Å². The lowest BCUT2D eigenvalue weighted by Crippen LogP contribution is -2.38. The minimum absolute atomic E-state index is 0.0634. The van der Waals surface area contributed by atoms with Crippen molar-refractivity contribution in [1.29, 1.82) is 0 Å². The molecule has 2 aromatic heterocycles. The van der Waals surface area contributed by atoms with Gasteiger partial charge in [0, 0.05) is 23.9 Å². The Kier molecular flexibility index (Phi) is 3.61. The molecule has 4 nitrogen and oxygen atoms in total. The van der Waals surface area contributed by atoms with Crippen molar-refractivity contribution in [2.24, 2.45) is 0 Å². The van der Waals surface area contributed by atoms with Gasteiger partial charge in [0.05, 0.1) is 22.5 Å². The predicted molar refractivity (Wildman–Crippen MR) is 78.2 cm³/mol. The van der Waals surface area contributed by atoms with Crippen LogP contribution in [-0.4, -0.2) is 28.9 Å². The zero-order chi connectivity index (χ0) is 14.1. The van der Waals surface area contributed by atoms with Crippen LogP contribution in [0.4, 0.5) is 0 Å². The summed E-state index contributed by atoms with van der Waals surface area (Å²) in [5, 5.41) is 1.17. The van der Waals surface area contributed by atoms with E-state index in [-0.39, 0.29) is 5.91 Å². The molecule has 0 saturated carbocycles. The second-order valence-corrected chi connectivity index (χ2v) is 6.53. The summed E-state index contributed by atoms with van der Waals surface area (Å²) < 4.78 is 5.00. The highest BCUT2D eigenvalue weighted by Crippen LogP contribution is 2.31. The third kappa shape index (κ3) is 2.50. The van der Waals surface area contributed by atoms with E-state index in [0.717, 1.165) is 31.6 Å².